The molecule has 0 bridgehead atoms. The minimum Gasteiger partial charge on any atom is -0.488 e. The van der Waals surface area contributed by atoms with Crippen LogP contribution in [-0.4, -0.2) is 6.61 Å². The molecule has 0 radical (unpaired) electrons. The first-order chi connectivity index (χ1) is 7.54. The zero-order chi connectivity index (χ0) is 12.1. The summed E-state index contributed by atoms with van der Waals surface area (Å²) in [5, 5.41) is 1.05. The third kappa shape index (κ3) is 3.87. The van der Waals surface area contributed by atoms with Crippen molar-refractivity contribution in [2.75, 3.05) is 6.61 Å². The van der Waals surface area contributed by atoms with E-state index in [0.29, 0.717) is 15.8 Å². The van der Waals surface area contributed by atoms with Gasteiger partial charge in [0.2, 0.25) is 0 Å². The van der Waals surface area contributed by atoms with Gasteiger partial charge in [-0.2, -0.15) is 0 Å². The fourth-order valence-corrected chi connectivity index (χ4v) is 1.48. The van der Waals surface area contributed by atoms with Crippen molar-refractivity contribution in [3.63, 3.8) is 0 Å². The molecule has 0 aromatic heterocycles. The molecule has 88 valence electrons. The molecule has 1 atom stereocenters. The van der Waals surface area contributed by atoms with Crippen LogP contribution in [0.25, 0.3) is 0 Å². The number of hydrogen-bond acceptors (Lipinski definition) is 2. The molecule has 0 aliphatic carbocycles. The second-order valence-electron chi connectivity index (χ2n) is 3.32. The second kappa shape index (κ2) is 6.36. The minimum absolute atomic E-state index is 0.160. The van der Waals surface area contributed by atoms with E-state index in [1.165, 1.54) is 5.54 Å². The first-order valence-electron chi connectivity index (χ1n) is 4.67. The lowest BCUT2D eigenvalue weighted by Crippen LogP contribution is -2.08. The number of halogens is 3. The van der Waals surface area contributed by atoms with E-state index in [0.717, 1.165) is 5.56 Å². The fraction of sp³-hybridized carbons (Fsp3) is 0.273. The van der Waals surface area contributed by atoms with E-state index in [1.807, 2.05) is 6.92 Å². The summed E-state index contributed by atoms with van der Waals surface area (Å²) in [6, 6.07) is 5.12. The highest BCUT2D eigenvalue weighted by atomic mass is 35.5. The Morgan fingerprint density at radius 1 is 1.56 bits per heavy atom. The Bertz CT molecular complexity index is 391. The molecule has 1 rings (SSSR count). The van der Waals surface area contributed by atoms with Gasteiger partial charge in [0.25, 0.3) is 0 Å². The van der Waals surface area contributed by atoms with Crippen LogP contribution >= 0.6 is 34.8 Å². The summed E-state index contributed by atoms with van der Waals surface area (Å²) in [7, 11) is 0. The minimum atomic E-state index is -0.160. The number of benzene rings is 1. The van der Waals surface area contributed by atoms with Gasteiger partial charge in [-0.15, -0.1) is 0 Å². The molecule has 0 saturated heterocycles. The van der Waals surface area contributed by atoms with Crippen molar-refractivity contribution in [1.82, 2.24) is 0 Å². The highest BCUT2D eigenvalue weighted by Crippen LogP contribution is 2.27. The molecular formula is C11H12Cl3NO. The lowest BCUT2D eigenvalue weighted by Gasteiger charge is -2.13. The molecule has 2 N–H and O–H groups in total. The molecule has 2 nitrogen and oxygen atoms in total. The topological polar surface area (TPSA) is 35.2 Å². The largest absolute Gasteiger partial charge is 0.488 e. The Kier molecular flexibility index (Phi) is 5.42. The Labute approximate surface area is 110 Å². The lowest BCUT2D eigenvalue weighted by atomic mass is 10.1. The molecule has 0 heterocycles. The normalized spacial score (nSPS) is 13.7. The maximum atomic E-state index is 5.88. The number of nitrogens with two attached hydrogens (primary N) is 1. The van der Waals surface area contributed by atoms with Crippen molar-refractivity contribution in [1.29, 1.82) is 0 Å². The van der Waals surface area contributed by atoms with Gasteiger partial charge in [0.15, 0.2) is 0 Å². The van der Waals surface area contributed by atoms with E-state index in [9.17, 15) is 0 Å². The van der Waals surface area contributed by atoms with Crippen LogP contribution in [-0.2, 0) is 0 Å². The number of rotatable bonds is 4. The molecule has 0 aliphatic rings. The molecule has 0 amide bonds. The maximum absolute atomic E-state index is 5.88. The molecule has 1 aromatic rings. The molecule has 0 unspecified atom stereocenters. The molecule has 0 fully saturated rings. The van der Waals surface area contributed by atoms with Gasteiger partial charge in [-0.25, -0.2) is 0 Å². The van der Waals surface area contributed by atoms with E-state index >= 15 is 0 Å². The van der Waals surface area contributed by atoms with E-state index in [2.05, 4.69) is 0 Å². The Balaban J connectivity index is 2.87. The van der Waals surface area contributed by atoms with Crippen molar-refractivity contribution < 1.29 is 4.74 Å². The zero-order valence-electron chi connectivity index (χ0n) is 8.71. The van der Waals surface area contributed by atoms with Crippen LogP contribution in [0.1, 0.15) is 18.5 Å². The average Bonchev–Trinajstić information content (AvgIpc) is 2.26. The van der Waals surface area contributed by atoms with Gasteiger partial charge in [-0.05, 0) is 25.1 Å². The van der Waals surface area contributed by atoms with Crippen molar-refractivity contribution in [3.05, 3.63) is 39.4 Å². The van der Waals surface area contributed by atoms with Crippen molar-refractivity contribution in [3.8, 4) is 5.75 Å². The number of hydrogen-bond donors (Lipinski definition) is 1. The summed E-state index contributed by atoms with van der Waals surface area (Å²) in [6.45, 7) is 2.07. The van der Waals surface area contributed by atoms with Crippen molar-refractivity contribution >= 4 is 34.8 Å². The van der Waals surface area contributed by atoms with Crippen molar-refractivity contribution in [2.45, 2.75) is 13.0 Å². The highest BCUT2D eigenvalue weighted by Gasteiger charge is 2.09. The fourth-order valence-electron chi connectivity index (χ4n) is 1.18. The summed E-state index contributed by atoms with van der Waals surface area (Å²) >= 11 is 17.0. The molecule has 5 heteroatoms. The van der Waals surface area contributed by atoms with E-state index in [-0.39, 0.29) is 12.6 Å². The maximum Gasteiger partial charge on any atom is 0.125 e. The summed E-state index contributed by atoms with van der Waals surface area (Å²) in [6.07, 6.45) is 0. The van der Waals surface area contributed by atoms with E-state index < -0.39 is 0 Å². The number of ether oxygens (including phenoxy) is 1. The van der Waals surface area contributed by atoms with Crippen molar-refractivity contribution in [2.24, 2.45) is 5.73 Å². The molecule has 1 aromatic carbocycles. The quantitative estimate of drug-likeness (QED) is 0.903. The summed E-state index contributed by atoms with van der Waals surface area (Å²) in [5.74, 6) is 0.663. The van der Waals surface area contributed by atoms with E-state index in [4.69, 9.17) is 45.3 Å². The van der Waals surface area contributed by atoms with Crippen LogP contribution in [0.2, 0.25) is 5.02 Å². The van der Waals surface area contributed by atoms with Crippen LogP contribution in [0.3, 0.4) is 0 Å². The van der Waals surface area contributed by atoms with Gasteiger partial charge in [0.05, 0.1) is 5.03 Å². The SMILES string of the molecule is C[C@H](N)c1cc(Cl)ccc1OCC(Cl)=CCl. The predicted octanol–water partition coefficient (Wildman–Crippen LogP) is 4.06. The second-order valence-corrected chi connectivity index (χ2v) is 4.46. The lowest BCUT2D eigenvalue weighted by molar-refractivity contribution is 0.353. The summed E-state index contributed by atoms with van der Waals surface area (Å²) in [5.41, 5.74) is 7.92. The van der Waals surface area contributed by atoms with Gasteiger partial charge >= 0.3 is 0 Å². The first kappa shape index (κ1) is 13.7. The van der Waals surface area contributed by atoms with Gasteiger partial charge < -0.3 is 10.5 Å². The Morgan fingerprint density at radius 3 is 2.81 bits per heavy atom. The zero-order valence-corrected chi connectivity index (χ0v) is 11.0. The van der Waals surface area contributed by atoms with E-state index in [1.54, 1.807) is 18.2 Å². The average molecular weight is 281 g/mol. The van der Waals surface area contributed by atoms with Crippen LogP contribution in [0, 0.1) is 0 Å². The highest BCUT2D eigenvalue weighted by molar-refractivity contribution is 6.36. The van der Waals surface area contributed by atoms with Gasteiger partial charge in [0.1, 0.15) is 12.4 Å². The third-order valence-corrected chi connectivity index (χ3v) is 2.77. The third-order valence-electron chi connectivity index (χ3n) is 1.95. The monoisotopic (exact) mass is 279 g/mol. The Hall–Kier alpha value is -0.410. The molecule has 16 heavy (non-hydrogen) atoms. The standard InChI is InChI=1S/C11H12Cl3NO/c1-7(15)10-4-8(13)2-3-11(10)16-6-9(14)5-12/h2-5,7H,6,15H2,1H3/t7-/m0/s1. The van der Waals surface area contributed by atoms with Crippen LogP contribution in [0.15, 0.2) is 28.8 Å². The molecular weight excluding hydrogens is 268 g/mol. The summed E-state index contributed by atoms with van der Waals surface area (Å²) < 4.78 is 5.48. The molecule has 0 spiro atoms. The Morgan fingerprint density at radius 2 is 2.25 bits per heavy atom. The first-order valence-corrected chi connectivity index (χ1v) is 5.86. The van der Waals surface area contributed by atoms with Gasteiger partial charge in [-0.1, -0.05) is 34.8 Å². The van der Waals surface area contributed by atoms with Gasteiger partial charge in [0, 0.05) is 22.2 Å². The van der Waals surface area contributed by atoms with Crippen LogP contribution < -0.4 is 10.5 Å². The van der Waals surface area contributed by atoms with Crippen LogP contribution in [0.5, 0.6) is 5.75 Å². The molecule has 0 aliphatic heterocycles. The van der Waals surface area contributed by atoms with Crippen LogP contribution in [0.4, 0.5) is 0 Å². The van der Waals surface area contributed by atoms with Gasteiger partial charge in [-0.3, -0.25) is 0 Å². The smallest absolute Gasteiger partial charge is 0.125 e. The predicted molar refractivity (Wildman–Crippen MR) is 69.3 cm³/mol. The molecule has 0 saturated carbocycles. The summed E-state index contributed by atoms with van der Waals surface area (Å²) in [4.78, 5) is 0.